The van der Waals surface area contributed by atoms with Gasteiger partial charge in [-0.1, -0.05) is 17.7 Å². The first kappa shape index (κ1) is 26.4. The molecule has 0 aliphatic carbocycles. The minimum atomic E-state index is 0.467. The zero-order valence-electron chi connectivity index (χ0n) is 22.1. The lowest BCUT2D eigenvalue weighted by Crippen LogP contribution is -2.22. The van der Waals surface area contributed by atoms with Crippen LogP contribution in [0.15, 0.2) is 48.8 Å². The van der Waals surface area contributed by atoms with Crippen molar-refractivity contribution >= 4 is 34.1 Å². The van der Waals surface area contributed by atoms with Gasteiger partial charge in [-0.3, -0.25) is 10.00 Å². The van der Waals surface area contributed by atoms with E-state index in [2.05, 4.69) is 49.6 Å². The fraction of sp³-hybridized carbons (Fsp3) is 0.259. The number of likely N-dealkylation sites (N-methyl/N-ethyl adjacent to an activating group) is 1. The Morgan fingerprint density at radius 3 is 2.62 bits per heavy atom. The molecule has 0 unspecified atom stereocenters. The number of hydrogen-bond acceptors (Lipinski definition) is 9. The molecule has 0 saturated heterocycles. The maximum Gasteiger partial charge on any atom is 0.179 e. The average Bonchev–Trinajstić information content (AvgIpc) is 3.58. The summed E-state index contributed by atoms with van der Waals surface area (Å²) in [7, 11) is 6.91. The molecule has 0 fully saturated rings. The Hall–Kier alpha value is -4.19. The van der Waals surface area contributed by atoms with Gasteiger partial charge in [0, 0.05) is 25.8 Å². The van der Waals surface area contributed by atoms with Crippen LogP contribution in [-0.4, -0.2) is 76.6 Å². The third-order valence-electron chi connectivity index (χ3n) is 6.19. The number of fused-ring (bicyclic) bond motifs is 1. The second kappa shape index (κ2) is 11.7. The Morgan fingerprint density at radius 1 is 1.00 bits per heavy atom. The van der Waals surface area contributed by atoms with Crippen LogP contribution in [0, 0.1) is 0 Å². The van der Waals surface area contributed by atoms with E-state index in [-0.39, 0.29) is 0 Å². The number of rotatable bonds is 11. The molecular weight excluding hydrogens is 520 g/mol. The van der Waals surface area contributed by atoms with E-state index in [1.165, 1.54) is 5.56 Å². The number of ether oxygens (including phenoxy) is 3. The molecule has 3 N–H and O–H groups in total. The van der Waals surface area contributed by atoms with Crippen molar-refractivity contribution in [2.24, 2.45) is 0 Å². The number of H-pyrrole nitrogens is 2. The van der Waals surface area contributed by atoms with Gasteiger partial charge in [-0.15, -0.1) is 0 Å². The van der Waals surface area contributed by atoms with Crippen molar-refractivity contribution < 1.29 is 14.2 Å². The molecule has 0 bridgehead atoms. The highest BCUT2D eigenvalue weighted by molar-refractivity contribution is 6.32. The van der Waals surface area contributed by atoms with Crippen LogP contribution in [0.25, 0.3) is 33.9 Å². The minimum absolute atomic E-state index is 0.467. The highest BCUT2D eigenvalue weighted by Gasteiger charge is 2.17. The molecule has 202 valence electrons. The van der Waals surface area contributed by atoms with Gasteiger partial charge in [0.15, 0.2) is 23.2 Å². The van der Waals surface area contributed by atoms with E-state index in [9.17, 15) is 0 Å². The topological polar surface area (TPSA) is 126 Å². The number of imidazole rings is 1. The number of nitrogens with one attached hydrogen (secondary N) is 3. The number of aromatic nitrogens is 6. The number of hydrogen-bond donors (Lipinski definition) is 3. The molecule has 2 aromatic carbocycles. The largest absolute Gasteiger partial charge is 0.495 e. The van der Waals surface area contributed by atoms with Crippen LogP contribution < -0.4 is 14.8 Å². The van der Waals surface area contributed by atoms with Crippen molar-refractivity contribution in [2.75, 3.05) is 46.8 Å². The zero-order valence-corrected chi connectivity index (χ0v) is 22.8. The Labute approximate surface area is 230 Å². The summed E-state index contributed by atoms with van der Waals surface area (Å²) in [5.41, 5.74) is 5.05. The number of methoxy groups -OCH3 is 3. The second-order valence-electron chi connectivity index (χ2n) is 8.91. The number of aromatic amines is 2. The summed E-state index contributed by atoms with van der Waals surface area (Å²) in [5, 5.41) is 11.1. The predicted molar refractivity (Wildman–Crippen MR) is 151 cm³/mol. The number of nitrogens with zero attached hydrogens (tertiary/aromatic N) is 5. The molecule has 5 rings (SSSR count). The summed E-state index contributed by atoms with van der Waals surface area (Å²) >= 11 is 6.32. The van der Waals surface area contributed by atoms with Crippen molar-refractivity contribution in [3.05, 3.63) is 59.4 Å². The van der Waals surface area contributed by atoms with Crippen molar-refractivity contribution in [3.8, 4) is 34.4 Å². The molecular formula is C27H29ClN8O3. The van der Waals surface area contributed by atoms with Crippen LogP contribution in [0.1, 0.15) is 5.56 Å². The maximum absolute atomic E-state index is 6.32. The monoisotopic (exact) mass is 548 g/mol. The summed E-state index contributed by atoms with van der Waals surface area (Å²) in [4.78, 5) is 19.5. The molecule has 12 heteroatoms. The molecule has 0 amide bonds. The molecule has 0 radical (unpaired) electrons. The smallest absolute Gasteiger partial charge is 0.179 e. The van der Waals surface area contributed by atoms with E-state index in [0.29, 0.717) is 52.0 Å². The SMILES string of the molecule is COCCN(C)Cc1ccc2nc(-c3[nH]ncc3Nc3nc(-c4ccc(OC)c(Cl)c4)ncc3OC)[nH]c2c1. The fourth-order valence-electron chi connectivity index (χ4n) is 4.15. The molecule has 39 heavy (non-hydrogen) atoms. The molecule has 0 spiro atoms. The molecule has 0 atom stereocenters. The van der Waals surface area contributed by atoms with E-state index in [0.717, 1.165) is 29.7 Å². The molecule has 0 saturated carbocycles. The van der Waals surface area contributed by atoms with Crippen LogP contribution >= 0.6 is 11.6 Å². The number of halogens is 1. The van der Waals surface area contributed by atoms with Gasteiger partial charge in [-0.05, 0) is 42.9 Å². The summed E-state index contributed by atoms with van der Waals surface area (Å²) in [6, 6.07) is 11.6. The van der Waals surface area contributed by atoms with Gasteiger partial charge in [-0.25, -0.2) is 15.0 Å². The fourth-order valence-corrected chi connectivity index (χ4v) is 4.41. The molecule has 0 aliphatic rings. The Kier molecular flexibility index (Phi) is 7.92. The summed E-state index contributed by atoms with van der Waals surface area (Å²) < 4.78 is 15.9. The Morgan fingerprint density at radius 2 is 1.85 bits per heavy atom. The standard InChI is InChI=1S/C27H29ClN8O3/c1-36(9-10-37-2)15-16-5-7-19-20(11-16)32-27(31-19)24-21(13-30-35-24)33-26-23(39-4)14-29-25(34-26)17-6-8-22(38-3)18(28)12-17/h5-8,11-14H,9-10,15H2,1-4H3,(H,30,35)(H,31,32)(H,29,33,34). The van der Waals surface area contributed by atoms with Gasteiger partial charge < -0.3 is 24.5 Å². The summed E-state index contributed by atoms with van der Waals surface area (Å²) in [5.74, 6) is 2.63. The number of benzene rings is 2. The molecule has 3 heterocycles. The second-order valence-corrected chi connectivity index (χ2v) is 9.32. The minimum Gasteiger partial charge on any atom is -0.495 e. The molecule has 5 aromatic rings. The average molecular weight is 549 g/mol. The van der Waals surface area contributed by atoms with E-state index in [1.54, 1.807) is 45.9 Å². The number of anilines is 2. The molecule has 3 aromatic heterocycles. The highest BCUT2D eigenvalue weighted by Crippen LogP contribution is 2.34. The molecule has 0 aliphatic heterocycles. The van der Waals surface area contributed by atoms with Crippen molar-refractivity contribution in [2.45, 2.75) is 6.54 Å². The lowest BCUT2D eigenvalue weighted by molar-refractivity contribution is 0.158. The van der Waals surface area contributed by atoms with Crippen LogP contribution in [0.2, 0.25) is 5.02 Å². The van der Waals surface area contributed by atoms with Crippen molar-refractivity contribution in [1.82, 2.24) is 35.0 Å². The predicted octanol–water partition coefficient (Wildman–Crippen LogP) is 4.90. The van der Waals surface area contributed by atoms with Gasteiger partial charge in [0.25, 0.3) is 0 Å². The maximum atomic E-state index is 6.32. The first-order chi connectivity index (χ1) is 19.0. The highest BCUT2D eigenvalue weighted by atomic mass is 35.5. The lowest BCUT2D eigenvalue weighted by atomic mass is 10.2. The van der Waals surface area contributed by atoms with Gasteiger partial charge in [0.1, 0.15) is 11.4 Å². The summed E-state index contributed by atoms with van der Waals surface area (Å²) in [6.45, 7) is 2.35. The third kappa shape index (κ3) is 5.80. The van der Waals surface area contributed by atoms with Crippen LogP contribution in [-0.2, 0) is 11.3 Å². The van der Waals surface area contributed by atoms with Crippen molar-refractivity contribution in [1.29, 1.82) is 0 Å². The van der Waals surface area contributed by atoms with Crippen LogP contribution in [0.4, 0.5) is 11.5 Å². The van der Waals surface area contributed by atoms with Crippen LogP contribution in [0.5, 0.6) is 11.5 Å². The molecule has 11 nitrogen and oxygen atoms in total. The Balaban J connectivity index is 1.42. The lowest BCUT2D eigenvalue weighted by Gasteiger charge is -2.15. The van der Waals surface area contributed by atoms with E-state index in [4.69, 9.17) is 35.8 Å². The quantitative estimate of drug-likeness (QED) is 0.211. The van der Waals surface area contributed by atoms with Gasteiger partial charge >= 0.3 is 0 Å². The summed E-state index contributed by atoms with van der Waals surface area (Å²) in [6.07, 6.45) is 3.28. The van der Waals surface area contributed by atoms with Crippen LogP contribution in [0.3, 0.4) is 0 Å². The van der Waals surface area contributed by atoms with E-state index >= 15 is 0 Å². The van der Waals surface area contributed by atoms with Crippen molar-refractivity contribution in [3.63, 3.8) is 0 Å². The third-order valence-corrected chi connectivity index (χ3v) is 6.49. The normalized spacial score (nSPS) is 11.3. The zero-order chi connectivity index (χ0) is 27.4. The van der Waals surface area contributed by atoms with E-state index in [1.807, 2.05) is 12.1 Å². The van der Waals surface area contributed by atoms with E-state index < -0.39 is 0 Å². The first-order valence-corrected chi connectivity index (χ1v) is 12.6. The Bertz CT molecular complexity index is 1580. The first-order valence-electron chi connectivity index (χ1n) is 12.2. The van der Waals surface area contributed by atoms with Gasteiger partial charge in [0.2, 0.25) is 0 Å². The van der Waals surface area contributed by atoms with Gasteiger partial charge in [-0.2, -0.15) is 5.10 Å². The van der Waals surface area contributed by atoms with Gasteiger partial charge in [0.05, 0.1) is 55.0 Å².